The lowest BCUT2D eigenvalue weighted by Crippen LogP contribution is -2.35. The third kappa shape index (κ3) is 4.61. The molecule has 0 aliphatic carbocycles. The van der Waals surface area contributed by atoms with Crippen LogP contribution in [0.1, 0.15) is 41.8 Å². The van der Waals surface area contributed by atoms with Gasteiger partial charge < -0.3 is 10.3 Å². The standard InChI is InChI=1S/C29H30N2O2/c1-20-14-16-23-24(18-20)31(19-29(2,3)28(30)33)27(22-12-8-5-9-13-22)26(23)25(32)17-15-21-10-6-4-7-11-21/h4-14,16,18H,15,17,19H2,1-3H3,(H2,30,33). The monoisotopic (exact) mass is 438 g/mol. The Kier molecular flexibility index (Phi) is 6.19. The highest BCUT2D eigenvalue weighted by Gasteiger charge is 2.30. The van der Waals surface area contributed by atoms with Crippen LogP contribution in [0, 0.1) is 12.3 Å². The van der Waals surface area contributed by atoms with Gasteiger partial charge in [0.15, 0.2) is 5.78 Å². The second-order valence-electron chi connectivity index (χ2n) is 9.35. The Balaban J connectivity index is 1.91. The second kappa shape index (κ2) is 9.07. The van der Waals surface area contributed by atoms with E-state index in [1.54, 1.807) is 0 Å². The maximum atomic E-state index is 13.7. The van der Waals surface area contributed by atoms with Gasteiger partial charge in [-0.2, -0.15) is 0 Å². The molecule has 33 heavy (non-hydrogen) atoms. The van der Waals surface area contributed by atoms with Crippen molar-refractivity contribution in [1.29, 1.82) is 0 Å². The topological polar surface area (TPSA) is 65.1 Å². The van der Waals surface area contributed by atoms with Crippen LogP contribution >= 0.6 is 0 Å². The van der Waals surface area contributed by atoms with Gasteiger partial charge in [-0.25, -0.2) is 0 Å². The van der Waals surface area contributed by atoms with Crippen LogP contribution in [-0.2, 0) is 17.8 Å². The first-order chi connectivity index (χ1) is 15.8. The van der Waals surface area contributed by atoms with Crippen LogP contribution in [0.2, 0.25) is 0 Å². The highest BCUT2D eigenvalue weighted by molar-refractivity contribution is 6.14. The number of aryl methyl sites for hydroxylation is 2. The molecule has 4 aromatic rings. The van der Waals surface area contributed by atoms with E-state index >= 15 is 0 Å². The van der Waals surface area contributed by atoms with Crippen molar-refractivity contribution in [1.82, 2.24) is 4.57 Å². The zero-order valence-electron chi connectivity index (χ0n) is 19.5. The highest BCUT2D eigenvalue weighted by atomic mass is 16.1. The molecule has 0 atom stereocenters. The quantitative estimate of drug-likeness (QED) is 0.346. The Morgan fingerprint density at radius 3 is 2.18 bits per heavy atom. The molecule has 1 heterocycles. The second-order valence-corrected chi connectivity index (χ2v) is 9.35. The summed E-state index contributed by atoms with van der Waals surface area (Å²) in [6.07, 6.45) is 1.09. The fourth-order valence-corrected chi connectivity index (χ4v) is 4.30. The number of nitrogens with two attached hydrogens (primary N) is 1. The van der Waals surface area contributed by atoms with Gasteiger partial charge in [-0.1, -0.05) is 72.8 Å². The number of nitrogens with zero attached hydrogens (tertiary/aromatic N) is 1. The van der Waals surface area contributed by atoms with Crippen LogP contribution in [0.4, 0.5) is 0 Å². The molecule has 4 nitrogen and oxygen atoms in total. The molecule has 1 aromatic heterocycles. The molecule has 4 heteroatoms. The Bertz CT molecular complexity index is 1300. The van der Waals surface area contributed by atoms with E-state index in [2.05, 4.69) is 10.6 Å². The smallest absolute Gasteiger partial charge is 0.224 e. The van der Waals surface area contributed by atoms with Crippen LogP contribution in [0.3, 0.4) is 0 Å². The highest BCUT2D eigenvalue weighted by Crippen LogP contribution is 2.37. The number of carbonyl (C=O) groups excluding carboxylic acids is 2. The van der Waals surface area contributed by atoms with Gasteiger partial charge in [0.05, 0.1) is 16.7 Å². The zero-order chi connectivity index (χ0) is 23.6. The van der Waals surface area contributed by atoms with Crippen LogP contribution in [0.25, 0.3) is 22.2 Å². The number of rotatable bonds is 8. The molecule has 0 bridgehead atoms. The lowest BCUT2D eigenvalue weighted by Gasteiger charge is -2.24. The Morgan fingerprint density at radius 1 is 0.909 bits per heavy atom. The summed E-state index contributed by atoms with van der Waals surface area (Å²) in [4.78, 5) is 25.9. The molecule has 0 saturated carbocycles. The van der Waals surface area contributed by atoms with E-state index in [1.165, 1.54) is 0 Å². The van der Waals surface area contributed by atoms with Crippen molar-refractivity contribution < 1.29 is 9.59 Å². The minimum atomic E-state index is -0.774. The van der Waals surface area contributed by atoms with Crippen LogP contribution in [0.15, 0.2) is 78.9 Å². The SMILES string of the molecule is Cc1ccc2c(C(=O)CCc3ccccc3)c(-c3ccccc3)n(CC(C)(C)C(N)=O)c2c1. The van der Waals surface area contributed by atoms with Gasteiger partial charge in [0, 0.05) is 23.9 Å². The zero-order valence-corrected chi connectivity index (χ0v) is 19.5. The molecular weight excluding hydrogens is 408 g/mol. The normalized spacial score (nSPS) is 11.6. The molecule has 0 spiro atoms. The number of amides is 1. The van der Waals surface area contributed by atoms with Gasteiger partial charge in [0.1, 0.15) is 0 Å². The average molecular weight is 439 g/mol. The molecule has 0 fully saturated rings. The lowest BCUT2D eigenvalue weighted by atomic mass is 9.92. The van der Waals surface area contributed by atoms with Crippen LogP contribution in [0.5, 0.6) is 0 Å². The minimum Gasteiger partial charge on any atom is -0.369 e. The molecular formula is C29H30N2O2. The minimum absolute atomic E-state index is 0.0993. The molecule has 0 aliphatic heterocycles. The fourth-order valence-electron chi connectivity index (χ4n) is 4.30. The van der Waals surface area contributed by atoms with E-state index in [-0.39, 0.29) is 11.7 Å². The number of fused-ring (bicyclic) bond motifs is 1. The predicted molar refractivity (Wildman–Crippen MR) is 134 cm³/mol. The molecule has 0 saturated heterocycles. The first-order valence-electron chi connectivity index (χ1n) is 11.3. The number of aromatic nitrogens is 1. The lowest BCUT2D eigenvalue weighted by molar-refractivity contribution is -0.126. The summed E-state index contributed by atoms with van der Waals surface area (Å²) >= 11 is 0. The summed E-state index contributed by atoms with van der Waals surface area (Å²) in [5.41, 5.74) is 10.7. The first kappa shape index (κ1) is 22.5. The van der Waals surface area contributed by atoms with Gasteiger partial charge in [0.25, 0.3) is 0 Å². The Morgan fingerprint density at radius 2 is 1.55 bits per heavy atom. The number of hydrogen-bond donors (Lipinski definition) is 1. The van der Waals surface area contributed by atoms with Crippen molar-refractivity contribution >= 4 is 22.6 Å². The Labute approximate surface area is 195 Å². The molecule has 0 unspecified atom stereocenters. The predicted octanol–water partition coefficient (Wildman–Crippen LogP) is 5.94. The van der Waals surface area contributed by atoms with Gasteiger partial charge in [-0.3, -0.25) is 9.59 Å². The average Bonchev–Trinajstić information content (AvgIpc) is 3.11. The molecule has 0 radical (unpaired) electrons. The number of hydrogen-bond acceptors (Lipinski definition) is 2. The van der Waals surface area contributed by atoms with Crippen molar-refractivity contribution in [2.45, 2.75) is 40.2 Å². The summed E-state index contributed by atoms with van der Waals surface area (Å²) in [6.45, 7) is 6.12. The maximum Gasteiger partial charge on any atom is 0.224 e. The van der Waals surface area contributed by atoms with E-state index in [1.807, 2.05) is 93.6 Å². The Hall–Kier alpha value is -3.66. The molecule has 1 amide bonds. The summed E-state index contributed by atoms with van der Waals surface area (Å²) < 4.78 is 2.11. The molecule has 3 aromatic carbocycles. The van der Waals surface area contributed by atoms with Crippen molar-refractivity contribution in [2.75, 3.05) is 0 Å². The van der Waals surface area contributed by atoms with Gasteiger partial charge >= 0.3 is 0 Å². The van der Waals surface area contributed by atoms with Crippen LogP contribution in [-0.4, -0.2) is 16.3 Å². The fraction of sp³-hybridized carbons (Fsp3) is 0.241. The summed E-state index contributed by atoms with van der Waals surface area (Å²) in [7, 11) is 0. The molecule has 2 N–H and O–H groups in total. The number of ketones is 1. The van der Waals surface area contributed by atoms with E-state index < -0.39 is 5.41 Å². The molecule has 0 aliphatic rings. The van der Waals surface area contributed by atoms with Crippen LogP contribution < -0.4 is 5.73 Å². The molecule has 4 rings (SSSR count). The number of benzene rings is 3. The van der Waals surface area contributed by atoms with E-state index in [9.17, 15) is 9.59 Å². The van der Waals surface area contributed by atoms with E-state index in [0.29, 0.717) is 24.9 Å². The van der Waals surface area contributed by atoms with Gasteiger partial charge in [0.2, 0.25) is 5.91 Å². The third-order valence-electron chi connectivity index (χ3n) is 6.25. The van der Waals surface area contributed by atoms with Crippen molar-refractivity contribution in [3.63, 3.8) is 0 Å². The largest absolute Gasteiger partial charge is 0.369 e. The number of carbonyl (C=O) groups is 2. The maximum absolute atomic E-state index is 13.7. The first-order valence-corrected chi connectivity index (χ1v) is 11.3. The van der Waals surface area contributed by atoms with Gasteiger partial charge in [-0.05, 0) is 49.9 Å². The number of Topliss-reactive ketones (excluding diaryl/α,β-unsaturated/α-hetero) is 1. The van der Waals surface area contributed by atoms with Crippen molar-refractivity contribution in [3.8, 4) is 11.3 Å². The summed E-state index contributed by atoms with van der Waals surface area (Å²) in [5.74, 6) is -0.268. The van der Waals surface area contributed by atoms with E-state index in [0.717, 1.165) is 33.3 Å². The summed E-state index contributed by atoms with van der Waals surface area (Å²) in [6, 6.07) is 26.2. The van der Waals surface area contributed by atoms with E-state index in [4.69, 9.17) is 5.73 Å². The number of primary amides is 1. The summed E-state index contributed by atoms with van der Waals surface area (Å²) in [5, 5.41) is 0.915. The molecule has 168 valence electrons. The van der Waals surface area contributed by atoms with Crippen molar-refractivity contribution in [2.24, 2.45) is 11.1 Å². The van der Waals surface area contributed by atoms with Gasteiger partial charge in [-0.15, -0.1) is 0 Å². The third-order valence-corrected chi connectivity index (χ3v) is 6.25. The van der Waals surface area contributed by atoms with Crippen molar-refractivity contribution in [3.05, 3.63) is 95.6 Å².